The Morgan fingerprint density at radius 3 is 2.38 bits per heavy atom. The van der Waals surface area contributed by atoms with E-state index in [1.54, 1.807) is 25.1 Å². The first kappa shape index (κ1) is 19.1. The lowest BCUT2D eigenvalue weighted by molar-refractivity contribution is -0.123. The number of hydrogen-bond donors (Lipinski definition) is 2. The summed E-state index contributed by atoms with van der Waals surface area (Å²) in [6.45, 7) is 1.68. The van der Waals surface area contributed by atoms with Crippen LogP contribution in [0.25, 0.3) is 0 Å². The molecule has 0 saturated heterocycles. The summed E-state index contributed by atoms with van der Waals surface area (Å²) in [5.41, 5.74) is 0.273. The number of hydrogen-bond acceptors (Lipinski definition) is 2. The molecule has 1 unspecified atom stereocenters. The molecule has 1 fully saturated rings. The molecule has 1 aliphatic rings. The van der Waals surface area contributed by atoms with E-state index in [0.717, 1.165) is 25.7 Å². The van der Waals surface area contributed by atoms with Crippen LogP contribution < -0.4 is 10.6 Å². The van der Waals surface area contributed by atoms with Gasteiger partial charge in [0.25, 0.3) is 5.91 Å². The van der Waals surface area contributed by atoms with E-state index >= 15 is 0 Å². The van der Waals surface area contributed by atoms with Gasteiger partial charge in [0, 0.05) is 6.04 Å². The highest BCUT2D eigenvalue weighted by molar-refractivity contribution is 6.43. The predicted molar refractivity (Wildman–Crippen MR) is 97.6 cm³/mol. The van der Waals surface area contributed by atoms with Crippen molar-refractivity contribution in [1.29, 1.82) is 0 Å². The van der Waals surface area contributed by atoms with Crippen molar-refractivity contribution in [2.75, 3.05) is 0 Å². The molecular formula is C18H24Cl2N2O2. The predicted octanol–water partition coefficient (Wildman–Crippen LogP) is 4.34. The van der Waals surface area contributed by atoms with Gasteiger partial charge in [-0.15, -0.1) is 0 Å². The van der Waals surface area contributed by atoms with Crippen LogP contribution in [0.4, 0.5) is 0 Å². The largest absolute Gasteiger partial charge is 0.352 e. The van der Waals surface area contributed by atoms with Crippen LogP contribution in [0, 0.1) is 0 Å². The number of nitrogens with one attached hydrogen (secondary N) is 2. The molecule has 1 saturated carbocycles. The van der Waals surface area contributed by atoms with E-state index in [9.17, 15) is 9.59 Å². The first-order valence-corrected chi connectivity index (χ1v) is 9.30. The zero-order chi connectivity index (χ0) is 17.5. The quantitative estimate of drug-likeness (QED) is 0.827. The van der Waals surface area contributed by atoms with Crippen molar-refractivity contribution in [3.8, 4) is 0 Å². The Bertz CT molecular complexity index is 584. The van der Waals surface area contributed by atoms with E-state index < -0.39 is 11.9 Å². The molecule has 1 atom stereocenters. The molecule has 1 aromatic rings. The SMILES string of the molecule is CC(NC(=O)c1cccc(Cl)c1Cl)C(=O)NC1CCCCCCC1. The van der Waals surface area contributed by atoms with Gasteiger partial charge in [0.2, 0.25) is 5.91 Å². The summed E-state index contributed by atoms with van der Waals surface area (Å²) in [5.74, 6) is -0.560. The Balaban J connectivity index is 1.90. The average molecular weight is 371 g/mol. The molecule has 1 aliphatic carbocycles. The zero-order valence-electron chi connectivity index (χ0n) is 13.9. The van der Waals surface area contributed by atoms with Crippen LogP contribution >= 0.6 is 23.2 Å². The summed E-state index contributed by atoms with van der Waals surface area (Å²) < 4.78 is 0. The molecule has 2 rings (SSSR count). The van der Waals surface area contributed by atoms with Gasteiger partial charge in [-0.2, -0.15) is 0 Å². The van der Waals surface area contributed by atoms with Crippen LogP contribution in [0.2, 0.25) is 10.0 Å². The number of halogens is 2. The lowest BCUT2D eigenvalue weighted by Crippen LogP contribution is -2.48. The maximum absolute atomic E-state index is 12.3. The van der Waals surface area contributed by atoms with Gasteiger partial charge < -0.3 is 10.6 Å². The monoisotopic (exact) mass is 370 g/mol. The molecule has 0 spiro atoms. The Kier molecular flexibility index (Phi) is 7.38. The molecule has 6 heteroatoms. The summed E-state index contributed by atoms with van der Waals surface area (Å²) in [6, 6.07) is 4.43. The fourth-order valence-corrected chi connectivity index (χ4v) is 3.33. The number of amides is 2. The minimum Gasteiger partial charge on any atom is -0.352 e. The summed E-state index contributed by atoms with van der Waals surface area (Å²) in [5, 5.41) is 6.26. The van der Waals surface area contributed by atoms with Crippen molar-refractivity contribution in [1.82, 2.24) is 10.6 Å². The van der Waals surface area contributed by atoms with Crippen molar-refractivity contribution in [3.63, 3.8) is 0 Å². The lowest BCUT2D eigenvalue weighted by atomic mass is 9.96. The van der Waals surface area contributed by atoms with Gasteiger partial charge in [-0.3, -0.25) is 9.59 Å². The first-order valence-electron chi connectivity index (χ1n) is 8.54. The highest BCUT2D eigenvalue weighted by Crippen LogP contribution is 2.25. The third-order valence-electron chi connectivity index (χ3n) is 4.39. The average Bonchev–Trinajstić information content (AvgIpc) is 2.52. The fraction of sp³-hybridized carbons (Fsp3) is 0.556. The molecule has 4 nitrogen and oxygen atoms in total. The van der Waals surface area contributed by atoms with Gasteiger partial charge in [-0.25, -0.2) is 0 Å². The minimum atomic E-state index is -0.627. The molecule has 0 heterocycles. The van der Waals surface area contributed by atoms with E-state index in [2.05, 4.69) is 10.6 Å². The minimum absolute atomic E-state index is 0.160. The Hall–Kier alpha value is -1.26. The highest BCUT2D eigenvalue weighted by atomic mass is 35.5. The van der Waals surface area contributed by atoms with E-state index in [-0.39, 0.29) is 22.5 Å². The maximum Gasteiger partial charge on any atom is 0.253 e. The third kappa shape index (κ3) is 5.38. The molecule has 0 radical (unpaired) electrons. The van der Waals surface area contributed by atoms with Crippen LogP contribution in [0.3, 0.4) is 0 Å². The van der Waals surface area contributed by atoms with Crippen molar-refractivity contribution >= 4 is 35.0 Å². The smallest absolute Gasteiger partial charge is 0.253 e. The Labute approximate surface area is 153 Å². The molecule has 2 amide bonds. The van der Waals surface area contributed by atoms with Gasteiger partial charge >= 0.3 is 0 Å². The molecule has 0 bridgehead atoms. The molecule has 132 valence electrons. The number of carbonyl (C=O) groups is 2. The molecule has 1 aromatic carbocycles. The highest BCUT2D eigenvalue weighted by Gasteiger charge is 2.21. The number of rotatable bonds is 4. The zero-order valence-corrected chi connectivity index (χ0v) is 15.4. The van der Waals surface area contributed by atoms with Gasteiger partial charge in [0.15, 0.2) is 0 Å². The van der Waals surface area contributed by atoms with Gasteiger partial charge in [-0.05, 0) is 31.9 Å². The van der Waals surface area contributed by atoms with Crippen LogP contribution in [0.15, 0.2) is 18.2 Å². The Morgan fingerprint density at radius 1 is 1.08 bits per heavy atom. The number of carbonyl (C=O) groups excluding carboxylic acids is 2. The van der Waals surface area contributed by atoms with Crippen molar-refractivity contribution in [2.45, 2.75) is 64.0 Å². The van der Waals surface area contributed by atoms with Crippen LogP contribution in [0.5, 0.6) is 0 Å². The second-order valence-corrected chi connectivity index (χ2v) is 7.13. The third-order valence-corrected chi connectivity index (χ3v) is 5.21. The molecule has 0 aliphatic heterocycles. The normalized spacial score (nSPS) is 17.5. The topological polar surface area (TPSA) is 58.2 Å². The van der Waals surface area contributed by atoms with Crippen LogP contribution in [-0.2, 0) is 4.79 Å². The molecule has 2 N–H and O–H groups in total. The maximum atomic E-state index is 12.3. The van der Waals surface area contributed by atoms with E-state index in [0.29, 0.717) is 5.02 Å². The molecule has 0 aromatic heterocycles. The van der Waals surface area contributed by atoms with E-state index in [4.69, 9.17) is 23.2 Å². The van der Waals surface area contributed by atoms with E-state index in [1.165, 1.54) is 19.3 Å². The van der Waals surface area contributed by atoms with Gasteiger partial charge in [0.05, 0.1) is 15.6 Å². The Morgan fingerprint density at radius 2 is 1.71 bits per heavy atom. The second-order valence-electron chi connectivity index (χ2n) is 6.35. The van der Waals surface area contributed by atoms with Crippen molar-refractivity contribution < 1.29 is 9.59 Å². The second kappa shape index (κ2) is 9.28. The molecular weight excluding hydrogens is 347 g/mol. The summed E-state index contributed by atoms with van der Waals surface area (Å²) >= 11 is 12.0. The fourth-order valence-electron chi connectivity index (χ4n) is 2.95. The summed E-state index contributed by atoms with van der Waals surface area (Å²) in [7, 11) is 0. The molecule has 24 heavy (non-hydrogen) atoms. The van der Waals surface area contributed by atoms with Gasteiger partial charge in [-0.1, -0.05) is 61.4 Å². The van der Waals surface area contributed by atoms with Crippen molar-refractivity contribution in [2.24, 2.45) is 0 Å². The lowest BCUT2D eigenvalue weighted by Gasteiger charge is -2.23. The van der Waals surface area contributed by atoms with Crippen molar-refractivity contribution in [3.05, 3.63) is 33.8 Å². The van der Waals surface area contributed by atoms with E-state index in [1.807, 2.05) is 0 Å². The number of benzene rings is 1. The van der Waals surface area contributed by atoms with Gasteiger partial charge in [0.1, 0.15) is 6.04 Å². The summed E-state index contributed by atoms with van der Waals surface area (Å²) in [6.07, 6.45) is 8.04. The van der Waals surface area contributed by atoms with Crippen LogP contribution in [0.1, 0.15) is 62.2 Å². The van der Waals surface area contributed by atoms with Crippen LogP contribution in [-0.4, -0.2) is 23.9 Å². The first-order chi connectivity index (χ1) is 11.5. The standard InChI is InChI=1S/C18H24Cl2N2O2/c1-12(17(23)22-13-8-5-3-2-4-6-9-13)21-18(24)14-10-7-11-15(19)16(14)20/h7,10-13H,2-6,8-9H2,1H3,(H,21,24)(H,22,23). The summed E-state index contributed by atoms with van der Waals surface area (Å²) in [4.78, 5) is 24.6.